The Kier molecular flexibility index (Phi) is 7.98. The standard InChI is InChI=1S/C26H28Cl2N6O3S2/c1-32(2)17-9-11-33(12-10-17)21-8-7-16(13-22(21)39(3,36)37)30-26-29-14-18-24(31-26)38-15-34(25(18)35)23-19(27)5-4-6-20(23)28/h4-8,13-14,17H,9-12,15H2,1-3H3,(H,29,30,31). The quantitative estimate of drug-likeness (QED) is 0.381. The van der Waals surface area contributed by atoms with E-state index in [-0.39, 0.29) is 22.6 Å². The van der Waals surface area contributed by atoms with Crippen molar-refractivity contribution >= 4 is 73.7 Å². The summed E-state index contributed by atoms with van der Waals surface area (Å²) in [4.78, 5) is 28.2. The third-order valence-electron chi connectivity index (χ3n) is 6.92. The van der Waals surface area contributed by atoms with Crippen LogP contribution in [0.2, 0.25) is 10.0 Å². The van der Waals surface area contributed by atoms with Crippen molar-refractivity contribution in [3.05, 3.63) is 58.2 Å². The molecule has 1 aromatic heterocycles. The van der Waals surface area contributed by atoms with Crippen molar-refractivity contribution in [2.24, 2.45) is 0 Å². The van der Waals surface area contributed by atoms with E-state index in [1.165, 1.54) is 29.1 Å². The number of thioether (sulfide) groups is 1. The molecule has 39 heavy (non-hydrogen) atoms. The topological polar surface area (TPSA) is 98.7 Å². The first-order valence-electron chi connectivity index (χ1n) is 12.3. The Bertz CT molecular complexity index is 1510. The fraction of sp³-hybridized carbons (Fsp3) is 0.346. The normalized spacial score (nSPS) is 16.5. The molecule has 13 heteroatoms. The van der Waals surface area contributed by atoms with E-state index in [2.05, 4.69) is 39.2 Å². The van der Waals surface area contributed by atoms with Gasteiger partial charge in [0.15, 0.2) is 9.84 Å². The Morgan fingerprint density at radius 2 is 1.79 bits per heavy atom. The number of hydrogen-bond acceptors (Lipinski definition) is 9. The number of benzene rings is 2. The number of hydrogen-bond donors (Lipinski definition) is 1. The lowest BCUT2D eigenvalue weighted by molar-refractivity contribution is 0.0985. The maximum Gasteiger partial charge on any atom is 0.263 e. The predicted molar refractivity (Wildman–Crippen MR) is 158 cm³/mol. The number of anilines is 4. The molecular weight excluding hydrogens is 579 g/mol. The molecule has 3 aromatic rings. The highest BCUT2D eigenvalue weighted by atomic mass is 35.5. The van der Waals surface area contributed by atoms with Crippen LogP contribution in [0.3, 0.4) is 0 Å². The predicted octanol–water partition coefficient (Wildman–Crippen LogP) is 5.17. The largest absolute Gasteiger partial charge is 0.370 e. The minimum atomic E-state index is -3.50. The third-order valence-corrected chi connectivity index (χ3v) is 9.63. The number of para-hydroxylation sites is 1. The summed E-state index contributed by atoms with van der Waals surface area (Å²) in [6.07, 6.45) is 4.61. The molecule has 3 heterocycles. The van der Waals surface area contributed by atoms with Crippen LogP contribution in [-0.2, 0) is 9.84 Å². The first-order chi connectivity index (χ1) is 18.5. The molecule has 2 aliphatic rings. The number of piperidine rings is 1. The molecule has 0 saturated carbocycles. The van der Waals surface area contributed by atoms with Gasteiger partial charge in [-0.1, -0.05) is 41.0 Å². The number of halogens is 2. The first kappa shape index (κ1) is 28.0. The molecule has 1 saturated heterocycles. The number of sulfone groups is 1. The zero-order chi connectivity index (χ0) is 27.9. The number of rotatable bonds is 6. The molecule has 0 atom stereocenters. The summed E-state index contributed by atoms with van der Waals surface area (Å²) in [6.45, 7) is 1.57. The van der Waals surface area contributed by atoms with Gasteiger partial charge in [0.05, 0.1) is 37.8 Å². The van der Waals surface area contributed by atoms with Gasteiger partial charge in [0.1, 0.15) is 5.03 Å². The number of carbonyl (C=O) groups excluding carboxylic acids is 1. The van der Waals surface area contributed by atoms with Crippen LogP contribution in [0.4, 0.5) is 23.0 Å². The first-order valence-corrected chi connectivity index (χ1v) is 15.9. The van der Waals surface area contributed by atoms with E-state index >= 15 is 0 Å². The molecule has 1 N–H and O–H groups in total. The van der Waals surface area contributed by atoms with Crippen LogP contribution < -0.4 is 15.1 Å². The SMILES string of the molecule is CN(C)C1CCN(c2ccc(Nc3ncc4c(n3)SCN(c3c(Cl)cccc3Cl)C4=O)cc2S(C)(=O)=O)CC1. The number of carbonyl (C=O) groups is 1. The molecule has 0 radical (unpaired) electrons. The maximum absolute atomic E-state index is 13.2. The Labute approximate surface area is 242 Å². The van der Waals surface area contributed by atoms with Crippen LogP contribution in [0.25, 0.3) is 0 Å². The van der Waals surface area contributed by atoms with Gasteiger partial charge in [0, 0.05) is 37.3 Å². The van der Waals surface area contributed by atoms with Gasteiger partial charge in [0.25, 0.3) is 5.91 Å². The molecule has 5 rings (SSSR count). The Morgan fingerprint density at radius 3 is 2.44 bits per heavy atom. The van der Waals surface area contributed by atoms with Gasteiger partial charge in [-0.3, -0.25) is 9.69 Å². The maximum atomic E-state index is 13.2. The lowest BCUT2D eigenvalue weighted by Crippen LogP contribution is -2.42. The van der Waals surface area contributed by atoms with Crippen molar-refractivity contribution in [1.29, 1.82) is 0 Å². The molecule has 0 unspecified atom stereocenters. The lowest BCUT2D eigenvalue weighted by Gasteiger charge is -2.37. The van der Waals surface area contributed by atoms with Crippen LogP contribution in [0.5, 0.6) is 0 Å². The van der Waals surface area contributed by atoms with E-state index in [4.69, 9.17) is 23.2 Å². The molecule has 1 fully saturated rings. The zero-order valence-corrected chi connectivity index (χ0v) is 24.8. The zero-order valence-electron chi connectivity index (χ0n) is 21.7. The smallest absolute Gasteiger partial charge is 0.263 e. The van der Waals surface area contributed by atoms with E-state index in [0.717, 1.165) is 25.9 Å². The molecule has 0 spiro atoms. The van der Waals surface area contributed by atoms with Crippen molar-refractivity contribution in [2.45, 2.75) is 28.8 Å². The number of nitrogens with one attached hydrogen (secondary N) is 1. The van der Waals surface area contributed by atoms with Crippen LogP contribution >= 0.6 is 35.0 Å². The van der Waals surface area contributed by atoms with E-state index < -0.39 is 9.84 Å². The number of aromatic nitrogens is 2. The number of nitrogens with zero attached hydrogens (tertiary/aromatic N) is 5. The summed E-state index contributed by atoms with van der Waals surface area (Å²) in [6, 6.07) is 10.8. The van der Waals surface area contributed by atoms with Crippen molar-refractivity contribution in [3.63, 3.8) is 0 Å². The van der Waals surface area contributed by atoms with E-state index in [1.807, 2.05) is 12.1 Å². The number of fused-ring (bicyclic) bond motifs is 1. The molecule has 9 nitrogen and oxygen atoms in total. The molecule has 206 valence electrons. The van der Waals surface area contributed by atoms with Gasteiger partial charge < -0.3 is 15.1 Å². The van der Waals surface area contributed by atoms with Gasteiger partial charge in [-0.2, -0.15) is 0 Å². The monoisotopic (exact) mass is 606 g/mol. The molecular formula is C26H28Cl2N6O3S2. The fourth-order valence-electron chi connectivity index (χ4n) is 4.83. The average Bonchev–Trinajstić information content (AvgIpc) is 2.89. The van der Waals surface area contributed by atoms with Crippen molar-refractivity contribution in [1.82, 2.24) is 14.9 Å². The third kappa shape index (κ3) is 5.83. The summed E-state index contributed by atoms with van der Waals surface area (Å²) in [5, 5.41) is 4.38. The van der Waals surface area contributed by atoms with E-state index in [9.17, 15) is 13.2 Å². The van der Waals surface area contributed by atoms with Crippen LogP contribution in [0.1, 0.15) is 23.2 Å². The second-order valence-corrected chi connectivity index (χ2v) is 13.5. The Hall–Kier alpha value is -2.57. The summed E-state index contributed by atoms with van der Waals surface area (Å²) in [5.41, 5.74) is 2.02. The van der Waals surface area contributed by atoms with Crippen molar-refractivity contribution < 1.29 is 13.2 Å². The molecule has 0 aliphatic carbocycles. The summed E-state index contributed by atoms with van der Waals surface area (Å²) < 4.78 is 25.5. The molecule has 1 amide bonds. The average molecular weight is 608 g/mol. The summed E-state index contributed by atoms with van der Waals surface area (Å²) in [5.74, 6) is 0.243. The summed E-state index contributed by atoms with van der Waals surface area (Å²) >= 11 is 14.0. The number of amides is 1. The van der Waals surface area contributed by atoms with Gasteiger partial charge in [-0.15, -0.1) is 0 Å². The van der Waals surface area contributed by atoms with Gasteiger partial charge >= 0.3 is 0 Å². The van der Waals surface area contributed by atoms with E-state index in [0.29, 0.717) is 43.7 Å². The minimum Gasteiger partial charge on any atom is -0.370 e. The van der Waals surface area contributed by atoms with Gasteiger partial charge in [-0.25, -0.2) is 18.4 Å². The fourth-order valence-corrected chi connectivity index (χ4v) is 7.29. The highest BCUT2D eigenvalue weighted by molar-refractivity contribution is 7.99. The van der Waals surface area contributed by atoms with Crippen LogP contribution in [0, 0.1) is 0 Å². The van der Waals surface area contributed by atoms with Gasteiger partial charge in [0.2, 0.25) is 5.95 Å². The lowest BCUT2D eigenvalue weighted by atomic mass is 10.0. The molecule has 2 aromatic carbocycles. The van der Waals surface area contributed by atoms with Crippen molar-refractivity contribution in [2.75, 3.05) is 54.4 Å². The van der Waals surface area contributed by atoms with E-state index in [1.54, 1.807) is 24.3 Å². The second kappa shape index (κ2) is 11.1. The summed E-state index contributed by atoms with van der Waals surface area (Å²) in [7, 11) is 0.650. The minimum absolute atomic E-state index is 0.255. The van der Waals surface area contributed by atoms with Crippen LogP contribution in [0.15, 0.2) is 52.5 Å². The second-order valence-electron chi connectivity index (χ2n) is 9.75. The Morgan fingerprint density at radius 1 is 1.10 bits per heavy atom. The highest BCUT2D eigenvalue weighted by Gasteiger charge is 2.31. The molecule has 0 bridgehead atoms. The Balaban J connectivity index is 1.37. The van der Waals surface area contributed by atoms with Gasteiger partial charge in [-0.05, 0) is 57.3 Å². The van der Waals surface area contributed by atoms with Crippen LogP contribution in [-0.4, -0.2) is 74.6 Å². The molecule has 2 aliphatic heterocycles. The highest BCUT2D eigenvalue weighted by Crippen LogP contribution is 2.39. The van der Waals surface area contributed by atoms with Crippen molar-refractivity contribution in [3.8, 4) is 0 Å².